The maximum Gasteiger partial charge on any atom is 0.329 e. The van der Waals surface area contributed by atoms with Crippen LogP contribution >= 0.6 is 11.6 Å². The number of hydrogen-bond donors (Lipinski definition) is 2. The minimum Gasteiger partial charge on any atom is -0.503 e. The third kappa shape index (κ3) is 3.50. The molecule has 0 saturated carbocycles. The van der Waals surface area contributed by atoms with Gasteiger partial charge in [0.2, 0.25) is 0 Å². The second kappa shape index (κ2) is 7.09. The van der Waals surface area contributed by atoms with Crippen molar-refractivity contribution in [3.8, 4) is 11.5 Å². The molecule has 0 spiro atoms. The molecule has 0 unspecified atom stereocenters. The highest BCUT2D eigenvalue weighted by Crippen LogP contribution is 2.35. The minimum atomic E-state index is -0.486. The van der Waals surface area contributed by atoms with E-state index < -0.39 is 11.9 Å². The number of benzene rings is 2. The van der Waals surface area contributed by atoms with E-state index in [-0.39, 0.29) is 28.8 Å². The van der Waals surface area contributed by atoms with Crippen molar-refractivity contribution < 1.29 is 19.4 Å². The molecular formula is C19H17ClN2O4. The zero-order chi connectivity index (χ0) is 18.8. The number of halogens is 1. The summed E-state index contributed by atoms with van der Waals surface area (Å²) in [5, 5.41) is 12.4. The van der Waals surface area contributed by atoms with Crippen molar-refractivity contribution >= 4 is 29.6 Å². The standard InChI is InChI=1S/C19H17ClN2O4/c1-11-4-3-5-12(6-11)10-22-18(24)15(21-19(22)25)8-13-7-14(20)17(23)16(9-13)26-2/h3-9,23H,10H2,1-2H3,(H,21,25)/b15-8+. The Morgan fingerprint density at radius 2 is 2.04 bits per heavy atom. The molecule has 7 heteroatoms. The Bertz CT molecular complexity index is 924. The first-order valence-electron chi connectivity index (χ1n) is 7.85. The Hall–Kier alpha value is -2.99. The molecule has 1 aliphatic heterocycles. The number of urea groups is 1. The lowest BCUT2D eigenvalue weighted by atomic mass is 10.1. The van der Waals surface area contributed by atoms with Gasteiger partial charge in [0, 0.05) is 0 Å². The lowest BCUT2D eigenvalue weighted by Gasteiger charge is -2.12. The second-order valence-electron chi connectivity index (χ2n) is 5.92. The van der Waals surface area contributed by atoms with Gasteiger partial charge in [0.1, 0.15) is 5.70 Å². The second-order valence-corrected chi connectivity index (χ2v) is 6.33. The van der Waals surface area contributed by atoms with Crippen LogP contribution in [0.3, 0.4) is 0 Å². The fraction of sp³-hybridized carbons (Fsp3) is 0.158. The number of carbonyl (C=O) groups is 2. The van der Waals surface area contributed by atoms with Gasteiger partial charge in [-0.2, -0.15) is 0 Å². The van der Waals surface area contributed by atoms with Gasteiger partial charge in [0.15, 0.2) is 11.5 Å². The molecule has 6 nitrogen and oxygen atoms in total. The van der Waals surface area contributed by atoms with Crippen molar-refractivity contribution in [1.82, 2.24) is 10.2 Å². The lowest BCUT2D eigenvalue weighted by molar-refractivity contribution is -0.123. The molecule has 1 heterocycles. The van der Waals surface area contributed by atoms with Gasteiger partial charge < -0.3 is 15.2 Å². The van der Waals surface area contributed by atoms with Crippen LogP contribution in [0.5, 0.6) is 11.5 Å². The highest BCUT2D eigenvalue weighted by atomic mass is 35.5. The number of nitrogens with one attached hydrogen (secondary N) is 1. The van der Waals surface area contributed by atoms with E-state index >= 15 is 0 Å². The van der Waals surface area contributed by atoms with Gasteiger partial charge in [0.25, 0.3) is 5.91 Å². The summed E-state index contributed by atoms with van der Waals surface area (Å²) in [6.45, 7) is 2.13. The molecule has 0 aromatic heterocycles. The average Bonchev–Trinajstić information content (AvgIpc) is 2.85. The Balaban J connectivity index is 1.87. The van der Waals surface area contributed by atoms with Gasteiger partial charge in [-0.25, -0.2) is 4.79 Å². The van der Waals surface area contributed by atoms with Crippen molar-refractivity contribution in [3.63, 3.8) is 0 Å². The van der Waals surface area contributed by atoms with Crippen molar-refractivity contribution in [2.75, 3.05) is 7.11 Å². The number of nitrogens with zero attached hydrogens (tertiary/aromatic N) is 1. The van der Waals surface area contributed by atoms with Crippen LogP contribution in [0.2, 0.25) is 5.02 Å². The van der Waals surface area contributed by atoms with E-state index in [1.54, 1.807) is 0 Å². The number of phenols is 1. The maximum absolute atomic E-state index is 12.6. The van der Waals surface area contributed by atoms with Gasteiger partial charge in [-0.15, -0.1) is 0 Å². The van der Waals surface area contributed by atoms with Gasteiger partial charge >= 0.3 is 6.03 Å². The summed E-state index contributed by atoms with van der Waals surface area (Å²) in [4.78, 5) is 25.9. The predicted octanol–water partition coefficient (Wildman–Crippen LogP) is 3.46. The highest BCUT2D eigenvalue weighted by molar-refractivity contribution is 6.32. The van der Waals surface area contributed by atoms with E-state index in [4.69, 9.17) is 16.3 Å². The van der Waals surface area contributed by atoms with E-state index in [0.717, 1.165) is 16.0 Å². The number of carbonyl (C=O) groups excluding carboxylic acids is 2. The molecule has 2 aromatic carbocycles. The monoisotopic (exact) mass is 372 g/mol. The highest BCUT2D eigenvalue weighted by Gasteiger charge is 2.33. The fourth-order valence-electron chi connectivity index (χ4n) is 2.71. The summed E-state index contributed by atoms with van der Waals surface area (Å²) in [5.74, 6) is -0.434. The number of ether oxygens (including phenoxy) is 1. The molecule has 1 aliphatic rings. The number of phenolic OH excluding ortho intramolecular Hbond substituents is 1. The number of rotatable bonds is 4. The van der Waals surface area contributed by atoms with Crippen LogP contribution in [0, 0.1) is 6.92 Å². The number of amides is 3. The molecule has 2 N–H and O–H groups in total. The summed E-state index contributed by atoms with van der Waals surface area (Å²) in [5.41, 5.74) is 2.57. The van der Waals surface area contributed by atoms with E-state index in [0.29, 0.717) is 5.56 Å². The first-order chi connectivity index (χ1) is 12.4. The number of hydrogen-bond acceptors (Lipinski definition) is 4. The van der Waals surface area contributed by atoms with Gasteiger partial charge in [-0.1, -0.05) is 41.4 Å². The summed E-state index contributed by atoms with van der Waals surface area (Å²) in [6.07, 6.45) is 1.49. The minimum absolute atomic E-state index is 0.0876. The number of methoxy groups -OCH3 is 1. The smallest absolute Gasteiger partial charge is 0.329 e. The van der Waals surface area contributed by atoms with Crippen LogP contribution in [-0.2, 0) is 11.3 Å². The van der Waals surface area contributed by atoms with Crippen LogP contribution in [-0.4, -0.2) is 29.1 Å². The summed E-state index contributed by atoms with van der Waals surface area (Å²) >= 11 is 5.96. The number of imide groups is 1. The van der Waals surface area contributed by atoms with E-state index in [2.05, 4.69) is 5.32 Å². The van der Waals surface area contributed by atoms with E-state index in [1.807, 2.05) is 31.2 Å². The topological polar surface area (TPSA) is 78.9 Å². The summed E-state index contributed by atoms with van der Waals surface area (Å²) in [7, 11) is 1.40. The summed E-state index contributed by atoms with van der Waals surface area (Å²) in [6, 6.07) is 10.1. The molecular weight excluding hydrogens is 356 g/mol. The Morgan fingerprint density at radius 1 is 1.27 bits per heavy atom. The molecule has 3 amide bonds. The lowest BCUT2D eigenvalue weighted by Crippen LogP contribution is -2.30. The van der Waals surface area contributed by atoms with E-state index in [1.165, 1.54) is 25.3 Å². The molecule has 2 aromatic rings. The molecule has 134 valence electrons. The fourth-order valence-corrected chi connectivity index (χ4v) is 2.93. The Morgan fingerprint density at radius 3 is 2.73 bits per heavy atom. The number of aryl methyl sites for hydroxylation is 1. The van der Waals surface area contributed by atoms with Crippen molar-refractivity contribution in [1.29, 1.82) is 0 Å². The number of aromatic hydroxyl groups is 1. The van der Waals surface area contributed by atoms with Crippen molar-refractivity contribution in [2.24, 2.45) is 0 Å². The van der Waals surface area contributed by atoms with Crippen LogP contribution in [0.15, 0.2) is 42.1 Å². The quantitative estimate of drug-likeness (QED) is 0.636. The van der Waals surface area contributed by atoms with Crippen molar-refractivity contribution in [3.05, 3.63) is 63.8 Å². The molecule has 1 saturated heterocycles. The molecule has 26 heavy (non-hydrogen) atoms. The molecule has 0 bridgehead atoms. The zero-order valence-corrected chi connectivity index (χ0v) is 15.0. The largest absolute Gasteiger partial charge is 0.503 e. The van der Waals surface area contributed by atoms with Gasteiger partial charge in [0.05, 0.1) is 18.7 Å². The normalized spacial score (nSPS) is 15.5. The van der Waals surface area contributed by atoms with Gasteiger partial charge in [-0.05, 0) is 36.3 Å². The first kappa shape index (κ1) is 17.8. The molecule has 3 rings (SSSR count). The third-order valence-corrected chi connectivity index (χ3v) is 4.26. The zero-order valence-electron chi connectivity index (χ0n) is 14.2. The average molecular weight is 373 g/mol. The Kier molecular flexibility index (Phi) is 4.86. The van der Waals surface area contributed by atoms with Gasteiger partial charge in [-0.3, -0.25) is 9.69 Å². The molecule has 0 aliphatic carbocycles. The molecule has 0 radical (unpaired) electrons. The van der Waals surface area contributed by atoms with Crippen LogP contribution < -0.4 is 10.1 Å². The predicted molar refractivity (Wildman–Crippen MR) is 97.9 cm³/mol. The third-order valence-electron chi connectivity index (χ3n) is 3.97. The SMILES string of the molecule is COc1cc(/C=C2/NC(=O)N(Cc3cccc(C)c3)C2=O)cc(Cl)c1O. The maximum atomic E-state index is 12.6. The van der Waals surface area contributed by atoms with Crippen LogP contribution in [0.1, 0.15) is 16.7 Å². The first-order valence-corrected chi connectivity index (χ1v) is 8.23. The van der Waals surface area contributed by atoms with Crippen LogP contribution in [0.25, 0.3) is 6.08 Å². The Labute approximate surface area is 155 Å². The molecule has 0 atom stereocenters. The van der Waals surface area contributed by atoms with Crippen molar-refractivity contribution in [2.45, 2.75) is 13.5 Å². The van der Waals surface area contributed by atoms with E-state index in [9.17, 15) is 14.7 Å². The molecule has 1 fully saturated rings. The van der Waals surface area contributed by atoms with Crippen LogP contribution in [0.4, 0.5) is 4.79 Å². The summed E-state index contributed by atoms with van der Waals surface area (Å²) < 4.78 is 5.04.